The summed E-state index contributed by atoms with van der Waals surface area (Å²) in [6.45, 7) is 12.0. The predicted octanol–water partition coefficient (Wildman–Crippen LogP) is 3.91. The molecule has 0 amide bonds. The summed E-state index contributed by atoms with van der Waals surface area (Å²) in [7, 11) is 0. The van der Waals surface area contributed by atoms with E-state index < -0.39 is 0 Å². The first kappa shape index (κ1) is 15.6. The summed E-state index contributed by atoms with van der Waals surface area (Å²) in [5.41, 5.74) is 3.00. The Labute approximate surface area is 124 Å². The molecule has 1 heterocycles. The van der Waals surface area contributed by atoms with Gasteiger partial charge in [-0.05, 0) is 50.5 Å². The van der Waals surface area contributed by atoms with Crippen molar-refractivity contribution in [3.63, 3.8) is 0 Å². The number of nitrogens with one attached hydrogen (secondary N) is 1. The molecule has 0 bridgehead atoms. The molecule has 1 aromatic heterocycles. The summed E-state index contributed by atoms with van der Waals surface area (Å²) < 4.78 is 2.12. The van der Waals surface area contributed by atoms with Gasteiger partial charge >= 0.3 is 0 Å². The Bertz CT molecular complexity index is 414. The standard InChI is InChI=1S/C17H31N3/c1-5-20-16(10-15(4)19-20)12-18-13-17(11-14(2)3)8-6-7-9-17/h10,14,18H,5-9,11-13H2,1-4H3. The molecule has 0 unspecified atom stereocenters. The van der Waals surface area contributed by atoms with Gasteiger partial charge in [0.1, 0.15) is 0 Å². The molecule has 0 radical (unpaired) electrons. The highest BCUT2D eigenvalue weighted by Crippen LogP contribution is 2.42. The number of nitrogens with zero attached hydrogens (tertiary/aromatic N) is 2. The highest BCUT2D eigenvalue weighted by Gasteiger charge is 2.33. The Morgan fingerprint density at radius 3 is 2.65 bits per heavy atom. The van der Waals surface area contributed by atoms with Gasteiger partial charge in [0.05, 0.1) is 11.4 Å². The van der Waals surface area contributed by atoms with Gasteiger partial charge in [-0.25, -0.2) is 0 Å². The van der Waals surface area contributed by atoms with E-state index in [-0.39, 0.29) is 0 Å². The number of hydrogen-bond acceptors (Lipinski definition) is 2. The molecule has 2 rings (SSSR count). The van der Waals surface area contributed by atoms with Crippen molar-refractivity contribution in [2.75, 3.05) is 6.54 Å². The summed E-state index contributed by atoms with van der Waals surface area (Å²) in [5, 5.41) is 8.24. The SMILES string of the molecule is CCn1nc(C)cc1CNCC1(CC(C)C)CCCC1. The fraction of sp³-hybridized carbons (Fsp3) is 0.824. The van der Waals surface area contributed by atoms with Crippen molar-refractivity contribution in [2.24, 2.45) is 11.3 Å². The minimum absolute atomic E-state index is 0.556. The molecule has 3 nitrogen and oxygen atoms in total. The van der Waals surface area contributed by atoms with Crippen molar-refractivity contribution in [3.8, 4) is 0 Å². The lowest BCUT2D eigenvalue weighted by Crippen LogP contribution is -2.33. The largest absolute Gasteiger partial charge is 0.311 e. The predicted molar refractivity (Wildman–Crippen MR) is 84.7 cm³/mol. The van der Waals surface area contributed by atoms with E-state index in [2.05, 4.69) is 48.9 Å². The van der Waals surface area contributed by atoms with Crippen LogP contribution in [-0.4, -0.2) is 16.3 Å². The molecule has 0 saturated heterocycles. The maximum Gasteiger partial charge on any atom is 0.0597 e. The monoisotopic (exact) mass is 277 g/mol. The van der Waals surface area contributed by atoms with Gasteiger partial charge in [-0.1, -0.05) is 26.7 Å². The van der Waals surface area contributed by atoms with E-state index in [0.29, 0.717) is 5.41 Å². The summed E-state index contributed by atoms with van der Waals surface area (Å²) in [6.07, 6.45) is 7.02. The zero-order valence-electron chi connectivity index (χ0n) is 13.7. The van der Waals surface area contributed by atoms with Gasteiger partial charge in [0.15, 0.2) is 0 Å². The second-order valence-corrected chi connectivity index (χ2v) is 7.00. The lowest BCUT2D eigenvalue weighted by Gasteiger charge is -2.31. The Balaban J connectivity index is 1.90. The van der Waals surface area contributed by atoms with Crippen LogP contribution in [0.5, 0.6) is 0 Å². The van der Waals surface area contributed by atoms with Crippen LogP contribution in [0.3, 0.4) is 0 Å². The van der Waals surface area contributed by atoms with Crippen LogP contribution >= 0.6 is 0 Å². The highest BCUT2D eigenvalue weighted by molar-refractivity contribution is 5.08. The molecule has 1 fully saturated rings. The van der Waals surface area contributed by atoms with E-state index in [9.17, 15) is 0 Å². The molecule has 0 aliphatic heterocycles. The Kier molecular flexibility index (Phi) is 5.25. The van der Waals surface area contributed by atoms with Gasteiger partial charge < -0.3 is 5.32 Å². The molecule has 1 aromatic rings. The minimum Gasteiger partial charge on any atom is -0.311 e. The van der Waals surface area contributed by atoms with Gasteiger partial charge in [-0.3, -0.25) is 4.68 Å². The van der Waals surface area contributed by atoms with Gasteiger partial charge in [0.25, 0.3) is 0 Å². The van der Waals surface area contributed by atoms with Gasteiger partial charge in [0.2, 0.25) is 0 Å². The zero-order chi connectivity index (χ0) is 14.6. The van der Waals surface area contributed by atoms with Gasteiger partial charge in [0, 0.05) is 19.6 Å². The van der Waals surface area contributed by atoms with Crippen LogP contribution in [-0.2, 0) is 13.1 Å². The van der Waals surface area contributed by atoms with E-state index in [1.807, 2.05) is 0 Å². The number of hydrogen-bond donors (Lipinski definition) is 1. The van der Waals surface area contributed by atoms with Gasteiger partial charge in [-0.15, -0.1) is 0 Å². The van der Waals surface area contributed by atoms with Crippen LogP contribution in [0.15, 0.2) is 6.07 Å². The summed E-state index contributed by atoms with van der Waals surface area (Å²) in [6, 6.07) is 2.21. The zero-order valence-corrected chi connectivity index (χ0v) is 13.7. The first-order valence-corrected chi connectivity index (χ1v) is 8.29. The van der Waals surface area contributed by atoms with Crippen LogP contribution in [0.1, 0.15) is 64.3 Å². The molecular formula is C17H31N3. The Hall–Kier alpha value is -0.830. The molecule has 20 heavy (non-hydrogen) atoms. The average Bonchev–Trinajstić information content (AvgIpc) is 2.96. The number of aromatic nitrogens is 2. The Morgan fingerprint density at radius 1 is 1.35 bits per heavy atom. The molecule has 1 saturated carbocycles. The highest BCUT2D eigenvalue weighted by atomic mass is 15.3. The molecular weight excluding hydrogens is 246 g/mol. The van der Waals surface area contributed by atoms with E-state index in [0.717, 1.165) is 24.7 Å². The fourth-order valence-electron chi connectivity index (χ4n) is 3.92. The van der Waals surface area contributed by atoms with Crippen LogP contribution in [0.4, 0.5) is 0 Å². The maximum atomic E-state index is 4.52. The van der Waals surface area contributed by atoms with Crippen molar-refractivity contribution >= 4 is 0 Å². The third-order valence-electron chi connectivity index (χ3n) is 4.60. The lowest BCUT2D eigenvalue weighted by molar-refractivity contribution is 0.223. The molecule has 1 N–H and O–H groups in total. The fourth-order valence-corrected chi connectivity index (χ4v) is 3.92. The molecule has 0 aromatic carbocycles. The van der Waals surface area contributed by atoms with E-state index in [1.165, 1.54) is 44.3 Å². The van der Waals surface area contributed by atoms with Crippen LogP contribution < -0.4 is 5.32 Å². The van der Waals surface area contributed by atoms with E-state index in [1.54, 1.807) is 0 Å². The van der Waals surface area contributed by atoms with Crippen molar-refractivity contribution < 1.29 is 0 Å². The number of aryl methyl sites for hydroxylation is 2. The van der Waals surface area contributed by atoms with Gasteiger partial charge in [-0.2, -0.15) is 5.10 Å². The van der Waals surface area contributed by atoms with Crippen molar-refractivity contribution in [2.45, 2.75) is 72.9 Å². The maximum absolute atomic E-state index is 4.52. The van der Waals surface area contributed by atoms with Crippen LogP contribution in [0.2, 0.25) is 0 Å². The van der Waals surface area contributed by atoms with Crippen molar-refractivity contribution in [1.29, 1.82) is 0 Å². The summed E-state index contributed by atoms with van der Waals surface area (Å²) in [4.78, 5) is 0. The molecule has 1 aliphatic carbocycles. The van der Waals surface area contributed by atoms with E-state index >= 15 is 0 Å². The third kappa shape index (κ3) is 3.85. The first-order valence-electron chi connectivity index (χ1n) is 8.29. The molecule has 1 aliphatic rings. The Morgan fingerprint density at radius 2 is 2.05 bits per heavy atom. The van der Waals surface area contributed by atoms with Crippen LogP contribution in [0.25, 0.3) is 0 Å². The minimum atomic E-state index is 0.556. The third-order valence-corrected chi connectivity index (χ3v) is 4.60. The second-order valence-electron chi connectivity index (χ2n) is 7.00. The average molecular weight is 277 g/mol. The molecule has 0 spiro atoms. The van der Waals surface area contributed by atoms with Crippen LogP contribution in [0, 0.1) is 18.3 Å². The normalized spacial score (nSPS) is 18.1. The second kappa shape index (κ2) is 6.75. The topological polar surface area (TPSA) is 29.9 Å². The van der Waals surface area contributed by atoms with Crippen molar-refractivity contribution in [1.82, 2.24) is 15.1 Å². The summed E-state index contributed by atoms with van der Waals surface area (Å²) >= 11 is 0. The number of rotatable bonds is 7. The lowest BCUT2D eigenvalue weighted by atomic mass is 9.78. The van der Waals surface area contributed by atoms with E-state index in [4.69, 9.17) is 0 Å². The first-order chi connectivity index (χ1) is 9.54. The van der Waals surface area contributed by atoms with Crippen molar-refractivity contribution in [3.05, 3.63) is 17.5 Å². The molecule has 114 valence electrons. The smallest absolute Gasteiger partial charge is 0.0597 e. The molecule has 3 heteroatoms. The quantitative estimate of drug-likeness (QED) is 0.819. The summed E-state index contributed by atoms with van der Waals surface area (Å²) in [5.74, 6) is 0.804. The molecule has 0 atom stereocenters.